The van der Waals surface area contributed by atoms with E-state index in [0.717, 1.165) is 7.11 Å². The predicted molar refractivity (Wildman–Crippen MR) is 64.5 cm³/mol. The van der Waals surface area contributed by atoms with E-state index >= 15 is 0 Å². The molecule has 0 atom stereocenters. The van der Waals surface area contributed by atoms with Crippen molar-refractivity contribution in [3.05, 3.63) is 28.8 Å². The van der Waals surface area contributed by atoms with Gasteiger partial charge in [-0.3, -0.25) is 10.1 Å². The van der Waals surface area contributed by atoms with E-state index in [9.17, 15) is 14.4 Å². The number of hydrogen-bond acceptors (Lipinski definition) is 5. The normalized spacial score (nSPS) is 9.58. The summed E-state index contributed by atoms with van der Waals surface area (Å²) in [5, 5.41) is 10.8. The van der Waals surface area contributed by atoms with Gasteiger partial charge >= 0.3 is 12.1 Å². The standard InChI is InChI=1S/C11H10ClNO6/c1-18-11(17)13-9(14)5-19-6-2-3-8(12)7(4-6)10(15)16/h2-4H,5H2,1H3,(H,15,16)(H,13,14,17). The Balaban J connectivity index is 2.63. The lowest BCUT2D eigenvalue weighted by molar-refractivity contribution is -0.122. The fourth-order valence-electron chi connectivity index (χ4n) is 1.11. The summed E-state index contributed by atoms with van der Waals surface area (Å²) in [4.78, 5) is 32.7. The van der Waals surface area contributed by atoms with Crippen LogP contribution in [-0.2, 0) is 9.53 Å². The number of carboxylic acids is 1. The summed E-state index contributed by atoms with van der Waals surface area (Å²) < 4.78 is 9.23. The van der Waals surface area contributed by atoms with Gasteiger partial charge in [-0.05, 0) is 18.2 Å². The summed E-state index contributed by atoms with van der Waals surface area (Å²) in [7, 11) is 1.11. The average molecular weight is 288 g/mol. The smallest absolute Gasteiger partial charge is 0.413 e. The molecule has 0 aliphatic rings. The SMILES string of the molecule is COC(=O)NC(=O)COc1ccc(Cl)c(C(=O)O)c1. The second-order valence-electron chi connectivity index (χ2n) is 3.28. The Labute approximate surface area is 113 Å². The van der Waals surface area contributed by atoms with Crippen molar-refractivity contribution in [1.29, 1.82) is 0 Å². The van der Waals surface area contributed by atoms with Crippen molar-refractivity contribution in [1.82, 2.24) is 5.32 Å². The van der Waals surface area contributed by atoms with Gasteiger partial charge in [0.2, 0.25) is 0 Å². The fourth-order valence-corrected chi connectivity index (χ4v) is 1.31. The first-order valence-electron chi connectivity index (χ1n) is 4.97. The van der Waals surface area contributed by atoms with Crippen LogP contribution in [0.5, 0.6) is 5.75 Å². The third-order valence-corrected chi connectivity index (χ3v) is 2.29. The molecular formula is C11H10ClNO6. The first-order chi connectivity index (χ1) is 8.93. The van der Waals surface area contributed by atoms with Gasteiger partial charge in [0.15, 0.2) is 6.61 Å². The highest BCUT2D eigenvalue weighted by atomic mass is 35.5. The number of rotatable bonds is 4. The van der Waals surface area contributed by atoms with Crippen LogP contribution in [0.1, 0.15) is 10.4 Å². The zero-order valence-corrected chi connectivity index (χ0v) is 10.6. The molecule has 2 N–H and O–H groups in total. The van der Waals surface area contributed by atoms with Gasteiger partial charge in [0.05, 0.1) is 17.7 Å². The molecule has 7 nitrogen and oxygen atoms in total. The van der Waals surface area contributed by atoms with Crippen molar-refractivity contribution in [3.63, 3.8) is 0 Å². The quantitative estimate of drug-likeness (QED) is 0.865. The highest BCUT2D eigenvalue weighted by Gasteiger charge is 2.12. The first kappa shape index (κ1) is 14.8. The van der Waals surface area contributed by atoms with Gasteiger partial charge in [0.25, 0.3) is 5.91 Å². The van der Waals surface area contributed by atoms with Crippen LogP contribution < -0.4 is 10.1 Å². The van der Waals surface area contributed by atoms with E-state index in [1.165, 1.54) is 18.2 Å². The highest BCUT2D eigenvalue weighted by molar-refractivity contribution is 6.33. The predicted octanol–water partition coefficient (Wildman–Crippen LogP) is 1.30. The Kier molecular flexibility index (Phi) is 5.13. The fraction of sp³-hybridized carbons (Fsp3) is 0.182. The van der Waals surface area contributed by atoms with Gasteiger partial charge in [0.1, 0.15) is 5.75 Å². The first-order valence-corrected chi connectivity index (χ1v) is 5.35. The Bertz CT molecular complexity index is 516. The lowest BCUT2D eigenvalue weighted by Gasteiger charge is -2.07. The van der Waals surface area contributed by atoms with Crippen molar-refractivity contribution >= 4 is 29.6 Å². The number of hydrogen-bond donors (Lipinski definition) is 2. The van der Waals surface area contributed by atoms with Gasteiger partial charge in [0, 0.05) is 0 Å². The van der Waals surface area contributed by atoms with Gasteiger partial charge in [-0.25, -0.2) is 9.59 Å². The molecule has 0 aliphatic heterocycles. The maximum atomic E-state index is 11.2. The van der Waals surface area contributed by atoms with Crippen LogP contribution in [0.3, 0.4) is 0 Å². The number of ether oxygens (including phenoxy) is 2. The van der Waals surface area contributed by atoms with Crippen LogP contribution in [0.15, 0.2) is 18.2 Å². The molecule has 102 valence electrons. The van der Waals surface area contributed by atoms with E-state index in [2.05, 4.69) is 4.74 Å². The van der Waals surface area contributed by atoms with E-state index < -0.39 is 24.6 Å². The van der Waals surface area contributed by atoms with Gasteiger partial charge in [-0.2, -0.15) is 0 Å². The molecule has 0 unspecified atom stereocenters. The molecule has 19 heavy (non-hydrogen) atoms. The number of alkyl carbamates (subject to hydrolysis) is 1. The van der Waals surface area contributed by atoms with Crippen molar-refractivity contribution in [3.8, 4) is 5.75 Å². The molecule has 1 aromatic carbocycles. The zero-order chi connectivity index (χ0) is 14.4. The number of imide groups is 1. The topological polar surface area (TPSA) is 102 Å². The summed E-state index contributed by atoms with van der Waals surface area (Å²) >= 11 is 5.66. The van der Waals surface area contributed by atoms with Crippen molar-refractivity contribution in [2.45, 2.75) is 0 Å². The summed E-state index contributed by atoms with van der Waals surface area (Å²) in [5.41, 5.74) is -0.146. The maximum Gasteiger partial charge on any atom is 0.413 e. The van der Waals surface area contributed by atoms with E-state index in [0.29, 0.717) is 0 Å². The summed E-state index contributed by atoms with van der Waals surface area (Å²) in [6.45, 7) is -0.463. The van der Waals surface area contributed by atoms with Crippen LogP contribution in [0.25, 0.3) is 0 Å². The Hall–Kier alpha value is -2.28. The van der Waals surface area contributed by atoms with Crippen molar-refractivity contribution < 1.29 is 29.0 Å². The number of aromatic carboxylic acids is 1. The van der Waals surface area contributed by atoms with E-state index in [4.69, 9.17) is 21.4 Å². The summed E-state index contributed by atoms with van der Waals surface area (Å²) in [6, 6.07) is 3.91. The number of halogens is 1. The number of benzene rings is 1. The Morgan fingerprint density at radius 2 is 2.05 bits per heavy atom. The maximum absolute atomic E-state index is 11.2. The lowest BCUT2D eigenvalue weighted by atomic mass is 10.2. The van der Waals surface area contributed by atoms with E-state index in [-0.39, 0.29) is 16.3 Å². The van der Waals surface area contributed by atoms with Crippen LogP contribution in [0.4, 0.5) is 4.79 Å². The van der Waals surface area contributed by atoms with E-state index in [1.807, 2.05) is 5.32 Å². The summed E-state index contributed by atoms with van der Waals surface area (Å²) in [6.07, 6.45) is -0.907. The zero-order valence-electron chi connectivity index (χ0n) is 9.81. The second-order valence-corrected chi connectivity index (χ2v) is 3.68. The minimum atomic E-state index is -1.21. The number of nitrogens with one attached hydrogen (secondary N) is 1. The number of carboxylic acid groups (broad SMARTS) is 1. The largest absolute Gasteiger partial charge is 0.484 e. The van der Waals surface area contributed by atoms with Crippen molar-refractivity contribution in [2.24, 2.45) is 0 Å². The van der Waals surface area contributed by atoms with Crippen molar-refractivity contribution in [2.75, 3.05) is 13.7 Å². The third-order valence-electron chi connectivity index (χ3n) is 1.97. The monoisotopic (exact) mass is 287 g/mol. The summed E-state index contributed by atoms with van der Waals surface area (Å²) in [5.74, 6) is -1.80. The van der Waals surface area contributed by atoms with Gasteiger partial charge in [-0.15, -0.1) is 0 Å². The highest BCUT2D eigenvalue weighted by Crippen LogP contribution is 2.22. The molecule has 0 heterocycles. The molecule has 0 saturated carbocycles. The van der Waals surface area contributed by atoms with Crippen LogP contribution in [-0.4, -0.2) is 36.8 Å². The molecule has 0 aliphatic carbocycles. The second kappa shape index (κ2) is 6.60. The molecule has 1 rings (SSSR count). The van der Waals surface area contributed by atoms with Crippen LogP contribution in [0, 0.1) is 0 Å². The minimum Gasteiger partial charge on any atom is -0.484 e. The molecule has 0 saturated heterocycles. The Morgan fingerprint density at radius 3 is 2.63 bits per heavy atom. The molecule has 0 fully saturated rings. The molecule has 0 aromatic heterocycles. The number of carbonyl (C=O) groups is 3. The third kappa shape index (κ3) is 4.47. The molecule has 8 heteroatoms. The van der Waals surface area contributed by atoms with E-state index in [1.54, 1.807) is 0 Å². The Morgan fingerprint density at radius 1 is 1.37 bits per heavy atom. The lowest BCUT2D eigenvalue weighted by Crippen LogP contribution is -2.34. The minimum absolute atomic E-state index is 0.0545. The molecule has 2 amide bonds. The molecule has 0 bridgehead atoms. The number of amides is 2. The van der Waals surface area contributed by atoms with Gasteiger partial charge < -0.3 is 14.6 Å². The average Bonchev–Trinajstić information content (AvgIpc) is 2.37. The molecule has 0 radical (unpaired) electrons. The molecule has 0 spiro atoms. The van der Waals surface area contributed by atoms with Gasteiger partial charge in [-0.1, -0.05) is 11.6 Å². The number of carbonyl (C=O) groups excluding carboxylic acids is 2. The number of methoxy groups -OCH3 is 1. The van der Waals surface area contributed by atoms with Crippen LogP contribution >= 0.6 is 11.6 Å². The van der Waals surface area contributed by atoms with Crippen LogP contribution in [0.2, 0.25) is 5.02 Å². The molecule has 1 aromatic rings. The molecular weight excluding hydrogens is 278 g/mol.